The molecule has 1 aromatic rings. The van der Waals surface area contributed by atoms with Crippen LogP contribution in [0.15, 0.2) is 35.9 Å². The average Bonchev–Trinajstić information content (AvgIpc) is 2.46. The van der Waals surface area contributed by atoms with Crippen molar-refractivity contribution in [3.63, 3.8) is 0 Å². The standard InChI is InChI=1S/C15H20N2O/c1-3-17(2)15(18)14-11-16-10-9-13(14)12-7-5-4-6-8-12/h4-8,16H,3,9-11H2,1-2H3. The zero-order valence-electron chi connectivity index (χ0n) is 11.1. The third kappa shape index (κ3) is 2.62. The Morgan fingerprint density at radius 3 is 2.72 bits per heavy atom. The van der Waals surface area contributed by atoms with Gasteiger partial charge in [0, 0.05) is 25.7 Å². The molecule has 0 radical (unpaired) electrons. The number of rotatable bonds is 3. The molecule has 96 valence electrons. The fourth-order valence-electron chi connectivity index (χ4n) is 2.22. The molecule has 2 rings (SSSR count). The van der Waals surface area contributed by atoms with Gasteiger partial charge >= 0.3 is 0 Å². The largest absolute Gasteiger partial charge is 0.342 e. The first-order chi connectivity index (χ1) is 8.74. The Bertz CT molecular complexity index is 451. The van der Waals surface area contributed by atoms with Crippen LogP contribution in [0.25, 0.3) is 5.57 Å². The van der Waals surface area contributed by atoms with Crippen molar-refractivity contribution in [1.29, 1.82) is 0 Å². The number of likely N-dealkylation sites (N-methyl/N-ethyl adjacent to an activating group) is 1. The number of hydrogen-bond acceptors (Lipinski definition) is 2. The molecule has 3 nitrogen and oxygen atoms in total. The number of amides is 1. The van der Waals surface area contributed by atoms with E-state index in [9.17, 15) is 4.79 Å². The van der Waals surface area contributed by atoms with Crippen LogP contribution in [0.4, 0.5) is 0 Å². The Balaban J connectivity index is 2.38. The van der Waals surface area contributed by atoms with Crippen molar-refractivity contribution in [2.24, 2.45) is 0 Å². The summed E-state index contributed by atoms with van der Waals surface area (Å²) in [6.07, 6.45) is 0.919. The smallest absolute Gasteiger partial charge is 0.251 e. The van der Waals surface area contributed by atoms with Crippen LogP contribution in [0.3, 0.4) is 0 Å². The van der Waals surface area contributed by atoms with E-state index < -0.39 is 0 Å². The Hall–Kier alpha value is -1.61. The zero-order chi connectivity index (χ0) is 13.0. The molecule has 1 heterocycles. The van der Waals surface area contributed by atoms with Gasteiger partial charge < -0.3 is 10.2 Å². The van der Waals surface area contributed by atoms with Crippen LogP contribution in [0.5, 0.6) is 0 Å². The molecule has 3 heteroatoms. The number of carbonyl (C=O) groups is 1. The van der Waals surface area contributed by atoms with Gasteiger partial charge in [0.05, 0.1) is 0 Å². The molecular formula is C15H20N2O. The topological polar surface area (TPSA) is 32.3 Å². The van der Waals surface area contributed by atoms with Crippen LogP contribution in [0.2, 0.25) is 0 Å². The molecule has 0 fully saturated rings. The maximum absolute atomic E-state index is 12.3. The third-order valence-corrected chi connectivity index (χ3v) is 3.42. The van der Waals surface area contributed by atoms with E-state index in [1.54, 1.807) is 4.90 Å². The molecule has 0 unspecified atom stereocenters. The van der Waals surface area contributed by atoms with Gasteiger partial charge in [0.25, 0.3) is 5.91 Å². The summed E-state index contributed by atoms with van der Waals surface area (Å²) in [5, 5.41) is 3.29. The van der Waals surface area contributed by atoms with E-state index in [4.69, 9.17) is 0 Å². The van der Waals surface area contributed by atoms with Crippen LogP contribution in [0.1, 0.15) is 18.9 Å². The molecule has 1 amide bonds. The van der Waals surface area contributed by atoms with E-state index >= 15 is 0 Å². The molecule has 1 aliphatic heterocycles. The van der Waals surface area contributed by atoms with Gasteiger partial charge in [-0.25, -0.2) is 0 Å². The minimum Gasteiger partial charge on any atom is -0.342 e. The van der Waals surface area contributed by atoms with Gasteiger partial charge in [-0.3, -0.25) is 4.79 Å². The van der Waals surface area contributed by atoms with Crippen molar-refractivity contribution >= 4 is 11.5 Å². The minimum absolute atomic E-state index is 0.142. The first-order valence-corrected chi connectivity index (χ1v) is 6.47. The van der Waals surface area contributed by atoms with E-state index in [1.807, 2.05) is 32.2 Å². The molecule has 0 spiro atoms. The fraction of sp³-hybridized carbons (Fsp3) is 0.400. The second-order valence-corrected chi connectivity index (χ2v) is 4.57. The van der Waals surface area contributed by atoms with Crippen molar-refractivity contribution < 1.29 is 4.79 Å². The van der Waals surface area contributed by atoms with E-state index in [1.165, 1.54) is 11.1 Å². The Labute approximate surface area is 108 Å². The summed E-state index contributed by atoms with van der Waals surface area (Å²) >= 11 is 0. The Kier molecular flexibility index (Phi) is 4.15. The molecule has 1 N–H and O–H groups in total. The van der Waals surface area contributed by atoms with Crippen LogP contribution < -0.4 is 5.32 Å². The lowest BCUT2D eigenvalue weighted by Gasteiger charge is -2.24. The molecule has 0 atom stereocenters. The second-order valence-electron chi connectivity index (χ2n) is 4.57. The average molecular weight is 244 g/mol. The predicted octanol–water partition coefficient (Wildman–Crippen LogP) is 1.91. The first kappa shape index (κ1) is 12.8. The van der Waals surface area contributed by atoms with Crippen molar-refractivity contribution in [3.05, 3.63) is 41.5 Å². The third-order valence-electron chi connectivity index (χ3n) is 3.42. The SMILES string of the molecule is CCN(C)C(=O)C1=C(c2ccccc2)CCNC1. The van der Waals surface area contributed by atoms with Crippen molar-refractivity contribution in [2.45, 2.75) is 13.3 Å². The van der Waals surface area contributed by atoms with E-state index in [0.29, 0.717) is 6.54 Å². The molecule has 1 aliphatic rings. The minimum atomic E-state index is 0.142. The molecule has 0 saturated heterocycles. The summed E-state index contributed by atoms with van der Waals surface area (Å²) in [4.78, 5) is 14.1. The quantitative estimate of drug-likeness (QED) is 0.881. The van der Waals surface area contributed by atoms with Gasteiger partial charge in [-0.2, -0.15) is 0 Å². The highest BCUT2D eigenvalue weighted by atomic mass is 16.2. The highest BCUT2D eigenvalue weighted by molar-refractivity contribution is 6.01. The van der Waals surface area contributed by atoms with E-state index in [2.05, 4.69) is 17.4 Å². The molecule has 1 aromatic carbocycles. The highest BCUT2D eigenvalue weighted by Gasteiger charge is 2.21. The lowest BCUT2D eigenvalue weighted by atomic mass is 9.93. The molecule has 0 aromatic heterocycles. The van der Waals surface area contributed by atoms with Gasteiger partial charge in [0.2, 0.25) is 0 Å². The van der Waals surface area contributed by atoms with Crippen LogP contribution in [-0.2, 0) is 4.79 Å². The summed E-state index contributed by atoms with van der Waals surface area (Å²) in [5.74, 6) is 0.142. The normalized spacial score (nSPS) is 15.7. The van der Waals surface area contributed by atoms with Crippen LogP contribution >= 0.6 is 0 Å². The Morgan fingerprint density at radius 2 is 2.06 bits per heavy atom. The van der Waals surface area contributed by atoms with Crippen LogP contribution in [0, 0.1) is 0 Å². The molecule has 18 heavy (non-hydrogen) atoms. The zero-order valence-corrected chi connectivity index (χ0v) is 11.1. The lowest BCUT2D eigenvalue weighted by molar-refractivity contribution is -0.125. The van der Waals surface area contributed by atoms with Crippen molar-refractivity contribution in [1.82, 2.24) is 10.2 Å². The summed E-state index contributed by atoms with van der Waals surface area (Å²) in [6, 6.07) is 10.2. The van der Waals surface area contributed by atoms with Crippen molar-refractivity contribution in [2.75, 3.05) is 26.7 Å². The van der Waals surface area contributed by atoms with Gasteiger partial charge in [-0.1, -0.05) is 30.3 Å². The van der Waals surface area contributed by atoms with Gasteiger partial charge in [-0.05, 0) is 31.0 Å². The number of benzene rings is 1. The molecule has 0 aliphatic carbocycles. The number of nitrogens with zero attached hydrogens (tertiary/aromatic N) is 1. The maximum Gasteiger partial charge on any atom is 0.251 e. The fourth-order valence-corrected chi connectivity index (χ4v) is 2.22. The predicted molar refractivity (Wildman–Crippen MR) is 74.2 cm³/mol. The summed E-state index contributed by atoms with van der Waals surface area (Å²) in [6.45, 7) is 4.35. The van der Waals surface area contributed by atoms with E-state index in [0.717, 1.165) is 25.1 Å². The summed E-state index contributed by atoms with van der Waals surface area (Å²) in [7, 11) is 1.85. The Morgan fingerprint density at radius 1 is 1.33 bits per heavy atom. The van der Waals surface area contributed by atoms with Gasteiger partial charge in [0.15, 0.2) is 0 Å². The van der Waals surface area contributed by atoms with E-state index in [-0.39, 0.29) is 5.91 Å². The maximum atomic E-state index is 12.3. The highest BCUT2D eigenvalue weighted by Crippen LogP contribution is 2.25. The second kappa shape index (κ2) is 5.83. The van der Waals surface area contributed by atoms with Gasteiger partial charge in [-0.15, -0.1) is 0 Å². The first-order valence-electron chi connectivity index (χ1n) is 6.47. The number of nitrogens with one attached hydrogen (secondary N) is 1. The van der Waals surface area contributed by atoms with Gasteiger partial charge in [0.1, 0.15) is 0 Å². The summed E-state index contributed by atoms with van der Waals surface area (Å²) in [5.41, 5.74) is 3.28. The molecule has 0 bridgehead atoms. The number of hydrogen-bond donors (Lipinski definition) is 1. The lowest BCUT2D eigenvalue weighted by Crippen LogP contribution is -2.35. The molecule has 0 saturated carbocycles. The summed E-state index contributed by atoms with van der Waals surface area (Å²) < 4.78 is 0. The van der Waals surface area contributed by atoms with Crippen LogP contribution in [-0.4, -0.2) is 37.5 Å². The monoisotopic (exact) mass is 244 g/mol. The number of carbonyl (C=O) groups excluding carboxylic acids is 1. The molecular weight excluding hydrogens is 224 g/mol. The van der Waals surface area contributed by atoms with Crippen molar-refractivity contribution in [3.8, 4) is 0 Å².